The van der Waals surface area contributed by atoms with Crippen LogP contribution in [-0.2, 0) is 4.74 Å². The van der Waals surface area contributed by atoms with Gasteiger partial charge in [-0.2, -0.15) is 0 Å². The molecule has 0 bridgehead atoms. The molecule has 2 N–H and O–H groups in total. The molecule has 0 aliphatic heterocycles. The van der Waals surface area contributed by atoms with Crippen LogP contribution in [0.2, 0.25) is 0 Å². The highest BCUT2D eigenvalue weighted by molar-refractivity contribution is 5.84. The fraction of sp³-hybridized carbons (Fsp3) is 0.308. The summed E-state index contributed by atoms with van der Waals surface area (Å²) in [7, 11) is 0. The molecule has 1 aromatic heterocycles. The third-order valence-electron chi connectivity index (χ3n) is 2.34. The summed E-state index contributed by atoms with van der Waals surface area (Å²) >= 11 is 0. The van der Waals surface area contributed by atoms with E-state index >= 15 is 0 Å². The van der Waals surface area contributed by atoms with E-state index in [1.807, 2.05) is 30.3 Å². The van der Waals surface area contributed by atoms with Crippen LogP contribution in [0.4, 0.5) is 0 Å². The largest absolute Gasteiger partial charge is 0.489 e. The Hall–Kier alpha value is -1.65. The van der Waals surface area contributed by atoms with Gasteiger partial charge in [0, 0.05) is 18.1 Å². The van der Waals surface area contributed by atoms with E-state index in [0.29, 0.717) is 26.4 Å². The van der Waals surface area contributed by atoms with Crippen LogP contribution in [-0.4, -0.2) is 31.3 Å². The van der Waals surface area contributed by atoms with Gasteiger partial charge in [0.05, 0.1) is 13.2 Å². The molecule has 90 valence electrons. The molecule has 0 aliphatic carbocycles. The number of ether oxygens (including phenoxy) is 2. The Morgan fingerprint density at radius 2 is 1.94 bits per heavy atom. The molecule has 0 saturated carbocycles. The molecule has 0 fully saturated rings. The highest BCUT2D eigenvalue weighted by Gasteiger charge is 2.01. The maximum Gasteiger partial charge on any atom is 0.145 e. The first-order valence-electron chi connectivity index (χ1n) is 5.66. The van der Waals surface area contributed by atoms with Crippen molar-refractivity contribution in [1.82, 2.24) is 4.98 Å². The van der Waals surface area contributed by atoms with Crippen LogP contribution < -0.4 is 10.5 Å². The van der Waals surface area contributed by atoms with Gasteiger partial charge in [0.1, 0.15) is 17.9 Å². The molecule has 2 aromatic rings. The number of nitrogens with zero attached hydrogens (tertiary/aromatic N) is 1. The van der Waals surface area contributed by atoms with Crippen molar-refractivity contribution in [2.45, 2.75) is 0 Å². The van der Waals surface area contributed by atoms with Crippen LogP contribution in [0.3, 0.4) is 0 Å². The Labute approximate surface area is 100 Å². The number of rotatable bonds is 6. The summed E-state index contributed by atoms with van der Waals surface area (Å²) in [6.07, 6.45) is 1.76. The molecule has 0 spiro atoms. The van der Waals surface area contributed by atoms with Gasteiger partial charge in [-0.05, 0) is 12.1 Å². The zero-order valence-electron chi connectivity index (χ0n) is 9.63. The lowest BCUT2D eigenvalue weighted by atomic mass is 10.2. The van der Waals surface area contributed by atoms with Gasteiger partial charge in [0.25, 0.3) is 0 Å². The number of hydrogen-bond donors (Lipinski definition) is 1. The van der Waals surface area contributed by atoms with Crippen LogP contribution >= 0.6 is 0 Å². The summed E-state index contributed by atoms with van der Waals surface area (Å²) in [6.45, 7) is 2.16. The zero-order valence-corrected chi connectivity index (χ0v) is 9.63. The molecule has 0 saturated heterocycles. The molecule has 4 nitrogen and oxygen atoms in total. The molecule has 2 rings (SSSR count). The van der Waals surface area contributed by atoms with E-state index in [0.717, 1.165) is 16.7 Å². The highest BCUT2D eigenvalue weighted by atomic mass is 16.5. The average Bonchev–Trinajstić information content (AvgIpc) is 2.39. The minimum absolute atomic E-state index is 0.510. The van der Waals surface area contributed by atoms with Crippen molar-refractivity contribution in [2.24, 2.45) is 5.73 Å². The van der Waals surface area contributed by atoms with Crippen LogP contribution in [0.25, 0.3) is 10.9 Å². The summed E-state index contributed by atoms with van der Waals surface area (Å²) in [4.78, 5) is 4.31. The second-order valence-electron chi connectivity index (χ2n) is 3.58. The van der Waals surface area contributed by atoms with Crippen LogP contribution in [0.15, 0.2) is 36.5 Å². The Morgan fingerprint density at radius 1 is 1.06 bits per heavy atom. The number of para-hydroxylation sites is 1. The number of pyridine rings is 1. The third kappa shape index (κ3) is 3.15. The number of aromatic nitrogens is 1. The summed E-state index contributed by atoms with van der Waals surface area (Å²) in [6, 6.07) is 9.81. The van der Waals surface area contributed by atoms with Crippen molar-refractivity contribution in [2.75, 3.05) is 26.4 Å². The summed E-state index contributed by atoms with van der Waals surface area (Å²) in [5.41, 5.74) is 6.20. The van der Waals surface area contributed by atoms with Crippen molar-refractivity contribution in [1.29, 1.82) is 0 Å². The second kappa shape index (κ2) is 6.18. The molecular formula is C13H16N2O2. The van der Waals surface area contributed by atoms with Crippen LogP contribution in [0.5, 0.6) is 5.75 Å². The molecule has 4 heteroatoms. The standard InChI is InChI=1S/C13H16N2O2/c14-6-8-16-9-10-17-12-5-1-3-11-4-2-7-15-13(11)12/h1-5,7H,6,8-10,14H2. The van der Waals surface area contributed by atoms with Gasteiger partial charge in [0.2, 0.25) is 0 Å². The van der Waals surface area contributed by atoms with Gasteiger partial charge in [0.15, 0.2) is 0 Å². The Morgan fingerprint density at radius 3 is 2.82 bits per heavy atom. The average molecular weight is 232 g/mol. The Kier molecular flexibility index (Phi) is 4.30. The third-order valence-corrected chi connectivity index (χ3v) is 2.34. The van der Waals surface area contributed by atoms with E-state index in [-0.39, 0.29) is 0 Å². The lowest BCUT2D eigenvalue weighted by Crippen LogP contribution is -2.13. The predicted octanol–water partition coefficient (Wildman–Crippen LogP) is 1.59. The monoisotopic (exact) mass is 232 g/mol. The molecule has 0 unspecified atom stereocenters. The molecule has 17 heavy (non-hydrogen) atoms. The van der Waals surface area contributed by atoms with Crippen molar-refractivity contribution < 1.29 is 9.47 Å². The fourth-order valence-corrected chi connectivity index (χ4v) is 1.59. The SMILES string of the molecule is NCCOCCOc1cccc2cccnc12. The Bertz CT molecular complexity index is 468. The molecule has 0 aliphatic rings. The molecular weight excluding hydrogens is 216 g/mol. The lowest BCUT2D eigenvalue weighted by molar-refractivity contribution is 0.106. The van der Waals surface area contributed by atoms with Gasteiger partial charge in [-0.1, -0.05) is 18.2 Å². The summed E-state index contributed by atoms with van der Waals surface area (Å²) < 4.78 is 10.9. The minimum atomic E-state index is 0.510. The van der Waals surface area contributed by atoms with E-state index in [2.05, 4.69) is 4.98 Å². The van der Waals surface area contributed by atoms with E-state index in [1.54, 1.807) is 6.20 Å². The van der Waals surface area contributed by atoms with E-state index in [9.17, 15) is 0 Å². The fourth-order valence-electron chi connectivity index (χ4n) is 1.59. The second-order valence-corrected chi connectivity index (χ2v) is 3.58. The number of fused-ring (bicyclic) bond motifs is 1. The molecule has 0 amide bonds. The van der Waals surface area contributed by atoms with Crippen LogP contribution in [0, 0.1) is 0 Å². The van der Waals surface area contributed by atoms with Crippen molar-refractivity contribution in [3.63, 3.8) is 0 Å². The molecule has 1 aromatic carbocycles. The Balaban J connectivity index is 1.98. The summed E-state index contributed by atoms with van der Waals surface area (Å²) in [5.74, 6) is 0.791. The van der Waals surface area contributed by atoms with Gasteiger partial charge in [-0.15, -0.1) is 0 Å². The van der Waals surface area contributed by atoms with Gasteiger partial charge in [-0.25, -0.2) is 0 Å². The van der Waals surface area contributed by atoms with Crippen molar-refractivity contribution in [3.05, 3.63) is 36.5 Å². The smallest absolute Gasteiger partial charge is 0.145 e. The first kappa shape index (κ1) is 11.8. The van der Waals surface area contributed by atoms with Crippen LogP contribution in [0.1, 0.15) is 0 Å². The minimum Gasteiger partial charge on any atom is -0.489 e. The molecule has 0 radical (unpaired) electrons. The van der Waals surface area contributed by atoms with Gasteiger partial charge in [-0.3, -0.25) is 4.98 Å². The lowest BCUT2D eigenvalue weighted by Gasteiger charge is -2.08. The molecule has 0 atom stereocenters. The zero-order chi connectivity index (χ0) is 11.9. The van der Waals surface area contributed by atoms with Crippen molar-refractivity contribution in [3.8, 4) is 5.75 Å². The maximum atomic E-state index is 5.64. The quantitative estimate of drug-likeness (QED) is 0.768. The van der Waals surface area contributed by atoms with E-state index < -0.39 is 0 Å². The number of hydrogen-bond acceptors (Lipinski definition) is 4. The number of nitrogens with two attached hydrogens (primary N) is 1. The van der Waals surface area contributed by atoms with Crippen molar-refractivity contribution >= 4 is 10.9 Å². The topological polar surface area (TPSA) is 57.4 Å². The predicted molar refractivity (Wildman–Crippen MR) is 67.1 cm³/mol. The first-order valence-corrected chi connectivity index (χ1v) is 5.66. The number of benzene rings is 1. The molecule has 1 heterocycles. The van der Waals surface area contributed by atoms with Gasteiger partial charge < -0.3 is 15.2 Å². The van der Waals surface area contributed by atoms with E-state index in [1.165, 1.54) is 0 Å². The maximum absolute atomic E-state index is 5.64. The first-order chi connectivity index (χ1) is 8.42. The highest BCUT2D eigenvalue weighted by Crippen LogP contribution is 2.22. The normalized spacial score (nSPS) is 10.6. The summed E-state index contributed by atoms with van der Waals surface area (Å²) in [5, 5.41) is 1.08. The van der Waals surface area contributed by atoms with Gasteiger partial charge >= 0.3 is 0 Å². The van der Waals surface area contributed by atoms with E-state index in [4.69, 9.17) is 15.2 Å².